The van der Waals surface area contributed by atoms with Crippen LogP contribution in [-0.2, 0) is 4.74 Å². The van der Waals surface area contributed by atoms with Crippen LogP contribution in [0.2, 0.25) is 0 Å². The van der Waals surface area contributed by atoms with Gasteiger partial charge in [0.1, 0.15) is 6.07 Å². The summed E-state index contributed by atoms with van der Waals surface area (Å²) >= 11 is 0. The third-order valence-corrected chi connectivity index (χ3v) is 4.26. The van der Waals surface area contributed by atoms with Crippen molar-refractivity contribution in [1.29, 1.82) is 5.26 Å². The number of nitrogens with one attached hydrogen (secondary N) is 1. The van der Waals surface area contributed by atoms with Crippen LogP contribution in [0.4, 0.5) is 5.88 Å². The quantitative estimate of drug-likeness (QED) is 0.910. The summed E-state index contributed by atoms with van der Waals surface area (Å²) in [7, 11) is 0. The van der Waals surface area contributed by atoms with Crippen LogP contribution in [0.3, 0.4) is 0 Å². The van der Waals surface area contributed by atoms with Crippen LogP contribution in [0.1, 0.15) is 18.2 Å². The number of rotatable bonds is 5. The molecule has 0 aliphatic carbocycles. The van der Waals surface area contributed by atoms with E-state index in [2.05, 4.69) is 28.2 Å². The third-order valence-electron chi connectivity index (χ3n) is 4.26. The standard InChI is InChI=1S/C18H22N4O2/c1-13-3-5-15(6-4-13)17-21-16(11-19)18(24-17)20-12-14(2)22-7-9-23-10-8-22/h3-6,14,20H,7-10,12H2,1-2H3. The highest BCUT2D eigenvalue weighted by molar-refractivity contribution is 5.59. The van der Waals surface area contributed by atoms with Gasteiger partial charge in [0.25, 0.3) is 0 Å². The summed E-state index contributed by atoms with van der Waals surface area (Å²) in [6, 6.07) is 10.3. The van der Waals surface area contributed by atoms with Crippen molar-refractivity contribution in [2.24, 2.45) is 0 Å². The van der Waals surface area contributed by atoms with Crippen molar-refractivity contribution in [1.82, 2.24) is 9.88 Å². The molecule has 0 amide bonds. The smallest absolute Gasteiger partial charge is 0.232 e. The molecule has 1 aliphatic heterocycles. The van der Waals surface area contributed by atoms with Gasteiger partial charge < -0.3 is 14.5 Å². The zero-order chi connectivity index (χ0) is 16.9. The molecule has 1 aromatic carbocycles. The van der Waals surface area contributed by atoms with E-state index in [1.54, 1.807) is 0 Å². The summed E-state index contributed by atoms with van der Waals surface area (Å²) < 4.78 is 11.2. The lowest BCUT2D eigenvalue weighted by Gasteiger charge is -2.32. The summed E-state index contributed by atoms with van der Waals surface area (Å²) in [4.78, 5) is 6.66. The lowest BCUT2D eigenvalue weighted by atomic mass is 10.1. The van der Waals surface area contributed by atoms with Crippen LogP contribution < -0.4 is 5.32 Å². The molecule has 1 fully saturated rings. The Labute approximate surface area is 142 Å². The van der Waals surface area contributed by atoms with Gasteiger partial charge in [-0.1, -0.05) is 17.7 Å². The molecule has 2 heterocycles. The Morgan fingerprint density at radius 1 is 1.29 bits per heavy atom. The summed E-state index contributed by atoms with van der Waals surface area (Å²) in [5.74, 6) is 0.904. The monoisotopic (exact) mass is 326 g/mol. The normalized spacial score (nSPS) is 16.5. The maximum Gasteiger partial charge on any atom is 0.232 e. The third kappa shape index (κ3) is 3.75. The Morgan fingerprint density at radius 2 is 2.00 bits per heavy atom. The van der Waals surface area contributed by atoms with E-state index in [1.807, 2.05) is 31.2 Å². The number of aromatic nitrogens is 1. The first-order valence-electron chi connectivity index (χ1n) is 8.21. The second kappa shape index (κ2) is 7.47. The molecule has 0 radical (unpaired) electrons. The molecule has 0 bridgehead atoms. The summed E-state index contributed by atoms with van der Waals surface area (Å²) in [5.41, 5.74) is 2.33. The first-order valence-corrected chi connectivity index (χ1v) is 8.21. The molecule has 126 valence electrons. The van der Waals surface area contributed by atoms with Crippen molar-refractivity contribution >= 4 is 5.88 Å². The van der Waals surface area contributed by atoms with Crippen molar-refractivity contribution in [3.05, 3.63) is 35.5 Å². The number of hydrogen-bond acceptors (Lipinski definition) is 6. The fourth-order valence-corrected chi connectivity index (χ4v) is 2.72. The van der Waals surface area contributed by atoms with E-state index in [0.29, 0.717) is 30.1 Å². The molecule has 1 atom stereocenters. The molecule has 6 nitrogen and oxygen atoms in total. The molecule has 1 aliphatic rings. The summed E-state index contributed by atoms with van der Waals surface area (Å²) in [6.45, 7) is 8.28. The topological polar surface area (TPSA) is 74.3 Å². The number of benzene rings is 1. The highest BCUT2D eigenvalue weighted by atomic mass is 16.5. The predicted octanol–water partition coefficient (Wildman–Crippen LogP) is 2.65. The second-order valence-electron chi connectivity index (χ2n) is 6.05. The number of aryl methyl sites for hydroxylation is 1. The van der Waals surface area contributed by atoms with Crippen LogP contribution in [-0.4, -0.2) is 48.8 Å². The van der Waals surface area contributed by atoms with Gasteiger partial charge in [-0.25, -0.2) is 0 Å². The Kier molecular flexibility index (Phi) is 5.14. The van der Waals surface area contributed by atoms with E-state index < -0.39 is 0 Å². The average molecular weight is 326 g/mol. The molecule has 1 N–H and O–H groups in total. The molecular formula is C18H22N4O2. The minimum Gasteiger partial charge on any atom is -0.419 e. The average Bonchev–Trinajstić information content (AvgIpc) is 3.04. The van der Waals surface area contributed by atoms with E-state index in [4.69, 9.17) is 9.15 Å². The van der Waals surface area contributed by atoms with Crippen molar-refractivity contribution in [2.75, 3.05) is 38.2 Å². The van der Waals surface area contributed by atoms with Gasteiger partial charge in [0.05, 0.1) is 13.2 Å². The number of hydrogen-bond donors (Lipinski definition) is 1. The maximum atomic E-state index is 9.30. The van der Waals surface area contributed by atoms with Crippen LogP contribution >= 0.6 is 0 Å². The minimum atomic E-state index is 0.291. The zero-order valence-corrected chi connectivity index (χ0v) is 14.1. The van der Waals surface area contributed by atoms with Gasteiger partial charge in [-0.05, 0) is 26.0 Å². The molecule has 1 unspecified atom stereocenters. The van der Waals surface area contributed by atoms with Crippen LogP contribution in [0, 0.1) is 18.3 Å². The second-order valence-corrected chi connectivity index (χ2v) is 6.05. The highest BCUT2D eigenvalue weighted by Crippen LogP contribution is 2.25. The highest BCUT2D eigenvalue weighted by Gasteiger charge is 2.19. The fourth-order valence-electron chi connectivity index (χ4n) is 2.72. The zero-order valence-electron chi connectivity index (χ0n) is 14.1. The Bertz CT molecular complexity index is 712. The first kappa shape index (κ1) is 16.5. The molecule has 1 aromatic heterocycles. The van der Waals surface area contributed by atoms with Crippen LogP contribution in [0.25, 0.3) is 11.5 Å². The number of ether oxygens (including phenoxy) is 1. The molecule has 3 rings (SSSR count). The molecular weight excluding hydrogens is 304 g/mol. The van der Waals surface area contributed by atoms with Gasteiger partial charge in [0, 0.05) is 31.2 Å². The van der Waals surface area contributed by atoms with Crippen molar-refractivity contribution in [3.8, 4) is 17.5 Å². The summed E-state index contributed by atoms with van der Waals surface area (Å²) in [5, 5.41) is 12.5. The van der Waals surface area contributed by atoms with Crippen molar-refractivity contribution in [2.45, 2.75) is 19.9 Å². The molecule has 1 saturated heterocycles. The van der Waals surface area contributed by atoms with Gasteiger partial charge in [0.15, 0.2) is 0 Å². The van der Waals surface area contributed by atoms with Gasteiger partial charge in [-0.3, -0.25) is 4.90 Å². The number of anilines is 1. The van der Waals surface area contributed by atoms with E-state index in [1.165, 1.54) is 5.56 Å². The van der Waals surface area contributed by atoms with Gasteiger partial charge >= 0.3 is 0 Å². The lowest BCUT2D eigenvalue weighted by molar-refractivity contribution is 0.0226. The van der Waals surface area contributed by atoms with Crippen molar-refractivity contribution in [3.63, 3.8) is 0 Å². The molecule has 24 heavy (non-hydrogen) atoms. The molecule has 6 heteroatoms. The number of nitrogens with zero attached hydrogens (tertiary/aromatic N) is 3. The number of morpholine rings is 1. The van der Waals surface area contributed by atoms with E-state index in [9.17, 15) is 5.26 Å². The largest absolute Gasteiger partial charge is 0.419 e. The molecule has 0 spiro atoms. The Balaban J connectivity index is 1.69. The summed E-state index contributed by atoms with van der Waals surface area (Å²) in [6.07, 6.45) is 0. The lowest BCUT2D eigenvalue weighted by Crippen LogP contribution is -2.45. The van der Waals surface area contributed by atoms with Crippen LogP contribution in [0.5, 0.6) is 0 Å². The number of nitriles is 1. The minimum absolute atomic E-state index is 0.291. The van der Waals surface area contributed by atoms with E-state index >= 15 is 0 Å². The number of oxazole rings is 1. The SMILES string of the molecule is Cc1ccc(-c2nc(C#N)c(NCC(C)N3CCOCC3)o2)cc1. The van der Waals surface area contributed by atoms with Gasteiger partial charge in [-0.2, -0.15) is 10.2 Å². The molecule has 2 aromatic rings. The van der Waals surface area contributed by atoms with E-state index in [0.717, 1.165) is 31.9 Å². The van der Waals surface area contributed by atoms with Crippen LogP contribution in [0.15, 0.2) is 28.7 Å². The van der Waals surface area contributed by atoms with E-state index in [-0.39, 0.29) is 0 Å². The van der Waals surface area contributed by atoms with Gasteiger partial charge in [-0.15, -0.1) is 0 Å². The maximum absolute atomic E-state index is 9.30. The Hall–Kier alpha value is -2.36. The Morgan fingerprint density at radius 3 is 2.67 bits per heavy atom. The predicted molar refractivity (Wildman–Crippen MR) is 91.7 cm³/mol. The molecule has 0 saturated carbocycles. The first-order chi connectivity index (χ1) is 11.7. The fraction of sp³-hybridized carbons (Fsp3) is 0.444. The van der Waals surface area contributed by atoms with Crippen molar-refractivity contribution < 1.29 is 9.15 Å². The van der Waals surface area contributed by atoms with Gasteiger partial charge in [0.2, 0.25) is 17.5 Å².